The van der Waals surface area contributed by atoms with Crippen molar-refractivity contribution in [3.63, 3.8) is 0 Å². The maximum absolute atomic E-state index is 13.9. The molecule has 0 amide bonds. The Morgan fingerprint density at radius 2 is 2.24 bits per heavy atom. The molecule has 1 heterocycles. The Kier molecular flexibility index (Phi) is 4.00. The van der Waals surface area contributed by atoms with Gasteiger partial charge in [0.2, 0.25) is 0 Å². The van der Waals surface area contributed by atoms with Crippen LogP contribution in [0.15, 0.2) is 18.2 Å². The molecule has 3 heteroatoms. The van der Waals surface area contributed by atoms with E-state index in [1.165, 1.54) is 0 Å². The maximum atomic E-state index is 13.9. The Hall–Kier alpha value is -1.09. The zero-order valence-corrected chi connectivity index (χ0v) is 10.7. The lowest BCUT2D eigenvalue weighted by atomic mass is 10.1. The highest BCUT2D eigenvalue weighted by Gasteiger charge is 2.17. The summed E-state index contributed by atoms with van der Waals surface area (Å²) >= 11 is 0. The van der Waals surface area contributed by atoms with Crippen LogP contribution in [0.3, 0.4) is 0 Å². The van der Waals surface area contributed by atoms with Crippen molar-refractivity contribution in [3.8, 4) is 0 Å². The summed E-state index contributed by atoms with van der Waals surface area (Å²) in [5.41, 5.74) is 1.72. The minimum Gasteiger partial charge on any atom is -0.368 e. The second kappa shape index (κ2) is 5.50. The zero-order chi connectivity index (χ0) is 12.3. The molecule has 2 rings (SSSR count). The van der Waals surface area contributed by atoms with Gasteiger partial charge in [-0.3, -0.25) is 0 Å². The van der Waals surface area contributed by atoms with Crippen molar-refractivity contribution in [1.29, 1.82) is 0 Å². The van der Waals surface area contributed by atoms with Crippen LogP contribution < -0.4 is 10.2 Å². The van der Waals surface area contributed by atoms with Gasteiger partial charge in [0.15, 0.2) is 0 Å². The number of nitrogens with one attached hydrogen (secondary N) is 1. The first-order valence-electron chi connectivity index (χ1n) is 6.45. The molecular formula is C14H21FN2. The zero-order valence-electron chi connectivity index (χ0n) is 10.7. The van der Waals surface area contributed by atoms with E-state index in [1.807, 2.05) is 19.1 Å². The summed E-state index contributed by atoms with van der Waals surface area (Å²) in [5.74, 6) is -0.0973. The third-order valence-electron chi connectivity index (χ3n) is 3.50. The lowest BCUT2D eigenvalue weighted by molar-refractivity contribution is 0.509. The fraction of sp³-hybridized carbons (Fsp3) is 0.571. The third kappa shape index (κ3) is 2.97. The molecule has 0 bridgehead atoms. The number of nitrogens with zero attached hydrogens (tertiary/aromatic N) is 1. The van der Waals surface area contributed by atoms with Crippen LogP contribution in [0, 0.1) is 12.7 Å². The molecule has 1 aromatic carbocycles. The smallest absolute Gasteiger partial charge is 0.146 e. The number of rotatable bonds is 2. The van der Waals surface area contributed by atoms with E-state index < -0.39 is 0 Å². The van der Waals surface area contributed by atoms with Crippen LogP contribution in [0.25, 0.3) is 0 Å². The molecule has 2 nitrogen and oxygen atoms in total. The molecule has 0 aliphatic carbocycles. The van der Waals surface area contributed by atoms with Crippen molar-refractivity contribution >= 4 is 5.69 Å². The minimum absolute atomic E-state index is 0.0973. The molecule has 1 aromatic rings. The molecule has 1 N–H and O–H groups in total. The van der Waals surface area contributed by atoms with Gasteiger partial charge in [0.05, 0.1) is 5.69 Å². The average Bonchev–Trinajstić information content (AvgIpc) is 2.54. The molecule has 1 fully saturated rings. The molecule has 1 aliphatic heterocycles. The van der Waals surface area contributed by atoms with Crippen LogP contribution in [-0.2, 0) is 0 Å². The lowest BCUT2D eigenvalue weighted by Crippen LogP contribution is -2.30. The van der Waals surface area contributed by atoms with E-state index in [0.717, 1.165) is 43.7 Å². The van der Waals surface area contributed by atoms with E-state index in [1.54, 1.807) is 6.07 Å². The Morgan fingerprint density at radius 3 is 2.94 bits per heavy atom. The van der Waals surface area contributed by atoms with Crippen molar-refractivity contribution in [2.75, 3.05) is 24.5 Å². The second-order valence-corrected chi connectivity index (χ2v) is 4.79. The number of anilines is 1. The van der Waals surface area contributed by atoms with E-state index in [2.05, 4.69) is 17.1 Å². The van der Waals surface area contributed by atoms with Crippen molar-refractivity contribution in [2.45, 2.75) is 32.7 Å². The Bertz CT molecular complexity index is 378. The van der Waals surface area contributed by atoms with Crippen molar-refractivity contribution < 1.29 is 4.39 Å². The molecule has 0 saturated carbocycles. The van der Waals surface area contributed by atoms with Gasteiger partial charge >= 0.3 is 0 Å². The van der Waals surface area contributed by atoms with E-state index in [9.17, 15) is 4.39 Å². The standard InChI is InChI=1S/C14H21FN2/c1-3-12-6-8-17(9-7-16-12)14-5-4-11(2)10-13(14)15/h4-5,10,12,16H,3,6-9H2,1-2H3. The predicted molar refractivity (Wildman–Crippen MR) is 70.0 cm³/mol. The summed E-state index contributed by atoms with van der Waals surface area (Å²) in [6, 6.07) is 6.07. The van der Waals surface area contributed by atoms with Crippen molar-refractivity contribution in [2.24, 2.45) is 0 Å². The van der Waals surface area contributed by atoms with Gasteiger partial charge in [0.25, 0.3) is 0 Å². The summed E-state index contributed by atoms with van der Waals surface area (Å²) in [4.78, 5) is 2.15. The molecule has 1 unspecified atom stereocenters. The highest BCUT2D eigenvalue weighted by atomic mass is 19.1. The maximum Gasteiger partial charge on any atom is 0.146 e. The number of aryl methyl sites for hydroxylation is 1. The summed E-state index contributed by atoms with van der Waals surface area (Å²) in [7, 11) is 0. The highest BCUT2D eigenvalue weighted by Crippen LogP contribution is 2.21. The quantitative estimate of drug-likeness (QED) is 0.849. The van der Waals surface area contributed by atoms with Crippen LogP contribution >= 0.6 is 0 Å². The van der Waals surface area contributed by atoms with Crippen LogP contribution in [-0.4, -0.2) is 25.7 Å². The van der Waals surface area contributed by atoms with Gasteiger partial charge in [-0.1, -0.05) is 13.0 Å². The molecule has 0 spiro atoms. The summed E-state index contributed by atoms with van der Waals surface area (Å²) in [5, 5.41) is 3.50. The molecule has 1 saturated heterocycles. The molecule has 17 heavy (non-hydrogen) atoms. The van der Waals surface area contributed by atoms with Gasteiger partial charge in [-0.05, 0) is 37.5 Å². The van der Waals surface area contributed by atoms with Crippen LogP contribution in [0.4, 0.5) is 10.1 Å². The number of halogens is 1. The Morgan fingerprint density at radius 1 is 1.41 bits per heavy atom. The molecule has 0 radical (unpaired) electrons. The predicted octanol–water partition coefficient (Wildman–Crippen LogP) is 2.71. The van der Waals surface area contributed by atoms with Crippen LogP contribution in [0.2, 0.25) is 0 Å². The molecule has 94 valence electrons. The second-order valence-electron chi connectivity index (χ2n) is 4.79. The van der Waals surface area contributed by atoms with Gasteiger partial charge in [-0.15, -0.1) is 0 Å². The van der Waals surface area contributed by atoms with Gasteiger partial charge in [0.1, 0.15) is 5.82 Å². The summed E-state index contributed by atoms with van der Waals surface area (Å²) < 4.78 is 13.9. The lowest BCUT2D eigenvalue weighted by Gasteiger charge is -2.23. The van der Waals surface area contributed by atoms with Gasteiger partial charge in [0, 0.05) is 25.7 Å². The first-order chi connectivity index (χ1) is 8.20. The third-order valence-corrected chi connectivity index (χ3v) is 3.50. The normalized spacial score (nSPS) is 21.4. The van der Waals surface area contributed by atoms with Crippen molar-refractivity contribution in [3.05, 3.63) is 29.6 Å². The van der Waals surface area contributed by atoms with Gasteiger partial charge in [-0.25, -0.2) is 4.39 Å². The number of hydrogen-bond acceptors (Lipinski definition) is 2. The Labute approximate surface area is 103 Å². The fourth-order valence-corrected chi connectivity index (χ4v) is 2.39. The largest absolute Gasteiger partial charge is 0.368 e. The molecular weight excluding hydrogens is 215 g/mol. The van der Waals surface area contributed by atoms with E-state index >= 15 is 0 Å². The van der Waals surface area contributed by atoms with E-state index in [4.69, 9.17) is 0 Å². The summed E-state index contributed by atoms with van der Waals surface area (Å²) in [6.07, 6.45) is 2.23. The van der Waals surface area contributed by atoms with E-state index in [-0.39, 0.29) is 5.82 Å². The highest BCUT2D eigenvalue weighted by molar-refractivity contribution is 5.49. The topological polar surface area (TPSA) is 15.3 Å². The van der Waals surface area contributed by atoms with E-state index in [0.29, 0.717) is 6.04 Å². The molecule has 1 aliphatic rings. The van der Waals surface area contributed by atoms with Crippen LogP contribution in [0.5, 0.6) is 0 Å². The van der Waals surface area contributed by atoms with Crippen LogP contribution in [0.1, 0.15) is 25.3 Å². The summed E-state index contributed by atoms with van der Waals surface area (Å²) in [6.45, 7) is 6.87. The van der Waals surface area contributed by atoms with Gasteiger partial charge in [-0.2, -0.15) is 0 Å². The molecule has 0 aromatic heterocycles. The minimum atomic E-state index is -0.0973. The molecule has 1 atom stereocenters. The van der Waals surface area contributed by atoms with Gasteiger partial charge < -0.3 is 10.2 Å². The SMILES string of the molecule is CCC1CCN(c2ccc(C)cc2F)CCN1. The Balaban J connectivity index is 2.11. The van der Waals surface area contributed by atoms with Crippen molar-refractivity contribution in [1.82, 2.24) is 5.32 Å². The first kappa shape index (κ1) is 12.4. The number of benzene rings is 1. The number of hydrogen-bond donors (Lipinski definition) is 1. The average molecular weight is 236 g/mol. The first-order valence-corrected chi connectivity index (χ1v) is 6.45. The monoisotopic (exact) mass is 236 g/mol. The fourth-order valence-electron chi connectivity index (χ4n) is 2.39.